The van der Waals surface area contributed by atoms with Crippen LogP contribution in [0.25, 0.3) is 0 Å². The topological polar surface area (TPSA) is 37.4 Å². The molecule has 0 amide bonds. The van der Waals surface area contributed by atoms with Crippen molar-refractivity contribution in [2.24, 2.45) is 0 Å². The fourth-order valence-corrected chi connectivity index (χ4v) is 4.01. The first-order valence-electron chi connectivity index (χ1n) is 7.10. The average Bonchev–Trinajstić information content (AvgIpc) is 2.43. The number of rotatable bonds is 8. The third-order valence-electron chi connectivity index (χ3n) is 3.22. The van der Waals surface area contributed by atoms with Crippen molar-refractivity contribution in [2.75, 3.05) is 6.54 Å². The Morgan fingerprint density at radius 3 is 2.50 bits per heavy atom. The summed E-state index contributed by atoms with van der Waals surface area (Å²) in [6, 6.07) is 6.84. The molecule has 0 saturated heterocycles. The lowest BCUT2D eigenvalue weighted by atomic mass is 10.2. The SMILES string of the molecule is CCCCCN(C(C)C)S(=O)(=O)c1cccc(CCl)c1. The summed E-state index contributed by atoms with van der Waals surface area (Å²) in [7, 11) is -3.44. The predicted molar refractivity (Wildman–Crippen MR) is 84.6 cm³/mol. The van der Waals surface area contributed by atoms with Crippen LogP contribution in [0.1, 0.15) is 45.6 Å². The van der Waals surface area contributed by atoms with Gasteiger partial charge in [-0.1, -0.05) is 31.9 Å². The maximum atomic E-state index is 12.7. The van der Waals surface area contributed by atoms with E-state index in [1.807, 2.05) is 19.9 Å². The largest absolute Gasteiger partial charge is 0.243 e. The zero-order valence-electron chi connectivity index (χ0n) is 12.5. The predicted octanol–water partition coefficient (Wildman–Crippen LogP) is 4.01. The van der Waals surface area contributed by atoms with E-state index in [4.69, 9.17) is 11.6 Å². The lowest BCUT2D eigenvalue weighted by Crippen LogP contribution is -2.37. The smallest absolute Gasteiger partial charge is 0.207 e. The molecule has 0 unspecified atom stereocenters. The highest BCUT2D eigenvalue weighted by Gasteiger charge is 2.26. The summed E-state index contributed by atoms with van der Waals surface area (Å²) in [5.41, 5.74) is 0.824. The number of hydrogen-bond acceptors (Lipinski definition) is 2. The third-order valence-corrected chi connectivity index (χ3v) is 5.60. The van der Waals surface area contributed by atoms with Gasteiger partial charge in [0.05, 0.1) is 4.90 Å². The van der Waals surface area contributed by atoms with Crippen LogP contribution in [-0.2, 0) is 15.9 Å². The first kappa shape index (κ1) is 17.5. The third kappa shape index (κ3) is 4.47. The summed E-state index contributed by atoms with van der Waals surface area (Å²) in [4.78, 5) is 0.334. The number of hydrogen-bond donors (Lipinski definition) is 0. The molecule has 0 bridgehead atoms. The van der Waals surface area contributed by atoms with Gasteiger partial charge in [-0.3, -0.25) is 0 Å². The molecule has 0 N–H and O–H groups in total. The molecule has 0 aliphatic heterocycles. The van der Waals surface area contributed by atoms with Gasteiger partial charge in [0.15, 0.2) is 0 Å². The maximum absolute atomic E-state index is 12.7. The number of unbranched alkanes of at least 4 members (excludes halogenated alkanes) is 2. The van der Waals surface area contributed by atoms with E-state index in [2.05, 4.69) is 6.92 Å². The molecule has 114 valence electrons. The molecule has 0 fully saturated rings. The number of benzene rings is 1. The molecule has 0 heterocycles. The average molecular weight is 318 g/mol. The number of halogens is 1. The van der Waals surface area contributed by atoms with E-state index in [1.54, 1.807) is 22.5 Å². The Morgan fingerprint density at radius 2 is 1.95 bits per heavy atom. The molecule has 0 aliphatic rings. The molecule has 1 rings (SSSR count). The second kappa shape index (κ2) is 8.01. The van der Waals surface area contributed by atoms with Crippen LogP contribution in [0.15, 0.2) is 29.2 Å². The quantitative estimate of drug-likeness (QED) is 0.536. The van der Waals surface area contributed by atoms with Crippen molar-refractivity contribution in [3.8, 4) is 0 Å². The van der Waals surface area contributed by atoms with Gasteiger partial charge in [0.1, 0.15) is 0 Å². The minimum absolute atomic E-state index is 0.0449. The van der Waals surface area contributed by atoms with Crippen LogP contribution < -0.4 is 0 Å². The Labute approximate surface area is 128 Å². The first-order chi connectivity index (χ1) is 9.43. The van der Waals surface area contributed by atoms with Gasteiger partial charge in [0, 0.05) is 18.5 Å². The van der Waals surface area contributed by atoms with Crippen molar-refractivity contribution < 1.29 is 8.42 Å². The van der Waals surface area contributed by atoms with E-state index in [-0.39, 0.29) is 6.04 Å². The van der Waals surface area contributed by atoms with Crippen LogP contribution in [0.5, 0.6) is 0 Å². The molecule has 1 aromatic rings. The van der Waals surface area contributed by atoms with Gasteiger partial charge in [-0.15, -0.1) is 11.6 Å². The minimum atomic E-state index is -3.44. The summed E-state index contributed by atoms with van der Waals surface area (Å²) in [6.07, 6.45) is 3.01. The molecule has 0 aromatic heterocycles. The Morgan fingerprint density at radius 1 is 1.25 bits per heavy atom. The highest BCUT2D eigenvalue weighted by Crippen LogP contribution is 2.21. The molecule has 0 saturated carbocycles. The molecular formula is C15H24ClNO2S. The second-order valence-corrected chi connectivity index (χ2v) is 7.36. The van der Waals surface area contributed by atoms with Crippen LogP contribution in [0.2, 0.25) is 0 Å². The van der Waals surface area contributed by atoms with Gasteiger partial charge in [-0.05, 0) is 38.0 Å². The van der Waals surface area contributed by atoms with Crippen LogP contribution in [0.4, 0.5) is 0 Å². The van der Waals surface area contributed by atoms with Crippen LogP contribution in [-0.4, -0.2) is 25.3 Å². The standard InChI is InChI=1S/C15H24ClNO2S/c1-4-5-6-10-17(13(2)3)20(18,19)15-9-7-8-14(11-15)12-16/h7-9,11,13H,4-6,10,12H2,1-3H3. The van der Waals surface area contributed by atoms with E-state index in [9.17, 15) is 8.42 Å². The summed E-state index contributed by atoms with van der Waals surface area (Å²) >= 11 is 5.79. The summed E-state index contributed by atoms with van der Waals surface area (Å²) < 4.78 is 27.0. The van der Waals surface area contributed by atoms with Crippen molar-refractivity contribution in [2.45, 2.75) is 56.9 Å². The zero-order chi connectivity index (χ0) is 15.2. The summed E-state index contributed by atoms with van der Waals surface area (Å²) in [5.74, 6) is 0.320. The molecule has 20 heavy (non-hydrogen) atoms. The van der Waals surface area contributed by atoms with Gasteiger partial charge in [-0.25, -0.2) is 8.42 Å². The van der Waals surface area contributed by atoms with Gasteiger partial charge in [0.25, 0.3) is 0 Å². The van der Waals surface area contributed by atoms with E-state index >= 15 is 0 Å². The molecule has 5 heteroatoms. The van der Waals surface area contributed by atoms with Gasteiger partial charge in [-0.2, -0.15) is 4.31 Å². The monoisotopic (exact) mass is 317 g/mol. The molecule has 3 nitrogen and oxygen atoms in total. The van der Waals surface area contributed by atoms with Gasteiger partial charge < -0.3 is 0 Å². The Hall–Kier alpha value is -0.580. The van der Waals surface area contributed by atoms with Crippen molar-refractivity contribution in [1.82, 2.24) is 4.31 Å². The molecule has 0 radical (unpaired) electrons. The highest BCUT2D eigenvalue weighted by molar-refractivity contribution is 7.89. The van der Waals surface area contributed by atoms with Crippen molar-refractivity contribution in [3.05, 3.63) is 29.8 Å². The fraction of sp³-hybridized carbons (Fsp3) is 0.600. The highest BCUT2D eigenvalue weighted by atomic mass is 35.5. The molecule has 0 spiro atoms. The second-order valence-electron chi connectivity index (χ2n) is 5.20. The Kier molecular flexibility index (Phi) is 7.00. The minimum Gasteiger partial charge on any atom is -0.207 e. The van der Waals surface area contributed by atoms with E-state index in [1.165, 1.54) is 0 Å². The van der Waals surface area contributed by atoms with Crippen LogP contribution in [0.3, 0.4) is 0 Å². The zero-order valence-corrected chi connectivity index (χ0v) is 14.0. The van der Waals surface area contributed by atoms with Crippen molar-refractivity contribution in [1.29, 1.82) is 0 Å². The van der Waals surface area contributed by atoms with Gasteiger partial charge in [0.2, 0.25) is 10.0 Å². The molecule has 0 aliphatic carbocycles. The Balaban J connectivity index is 3.02. The lowest BCUT2D eigenvalue weighted by Gasteiger charge is -2.26. The van der Waals surface area contributed by atoms with Crippen LogP contribution in [0, 0.1) is 0 Å². The summed E-state index contributed by atoms with van der Waals surface area (Å²) in [6.45, 7) is 6.50. The summed E-state index contributed by atoms with van der Waals surface area (Å²) in [5, 5.41) is 0. The molecule has 1 aromatic carbocycles. The number of sulfonamides is 1. The molecular weight excluding hydrogens is 294 g/mol. The number of nitrogens with zero attached hydrogens (tertiary/aromatic N) is 1. The van der Waals surface area contributed by atoms with E-state index in [0.29, 0.717) is 17.3 Å². The first-order valence-corrected chi connectivity index (χ1v) is 9.07. The Bertz CT molecular complexity index is 514. The van der Waals surface area contributed by atoms with Crippen molar-refractivity contribution >= 4 is 21.6 Å². The normalized spacial score (nSPS) is 12.3. The molecule has 0 atom stereocenters. The van der Waals surface area contributed by atoms with Crippen molar-refractivity contribution in [3.63, 3.8) is 0 Å². The van der Waals surface area contributed by atoms with Crippen LogP contribution >= 0.6 is 11.6 Å². The maximum Gasteiger partial charge on any atom is 0.243 e. The van der Waals surface area contributed by atoms with Gasteiger partial charge >= 0.3 is 0 Å². The van der Waals surface area contributed by atoms with E-state index < -0.39 is 10.0 Å². The van der Waals surface area contributed by atoms with E-state index in [0.717, 1.165) is 24.8 Å². The lowest BCUT2D eigenvalue weighted by molar-refractivity contribution is 0.345. The fourth-order valence-electron chi connectivity index (χ4n) is 2.10. The number of alkyl halides is 1.